The molecule has 32 heavy (non-hydrogen) atoms. The molecular formula is C27H25NO4. The standard InChI is InChI=1S/C27H25NO4/c29-26(30)16-18-8-7-15-28(25-14-6-5-9-19(18)25)27(31)32-17-24-22-12-3-1-10-20(22)21-11-2-4-13-23(21)24/h1-6,9-14,18,24H,7-8,15-17H2,(H,29,30). The monoisotopic (exact) mass is 427 g/mol. The molecule has 0 radical (unpaired) electrons. The van der Waals surface area contributed by atoms with Crippen LogP contribution >= 0.6 is 0 Å². The van der Waals surface area contributed by atoms with E-state index in [0.29, 0.717) is 6.54 Å². The average Bonchev–Trinajstić information content (AvgIpc) is 3.01. The number of hydrogen-bond donors (Lipinski definition) is 1. The van der Waals surface area contributed by atoms with Gasteiger partial charge in [0, 0.05) is 12.5 Å². The smallest absolute Gasteiger partial charge is 0.414 e. The maximum atomic E-state index is 13.2. The predicted molar refractivity (Wildman–Crippen MR) is 123 cm³/mol. The first-order valence-corrected chi connectivity index (χ1v) is 11.1. The van der Waals surface area contributed by atoms with Gasteiger partial charge in [0.1, 0.15) is 6.61 Å². The second-order valence-corrected chi connectivity index (χ2v) is 8.45. The van der Waals surface area contributed by atoms with Crippen molar-refractivity contribution in [2.24, 2.45) is 0 Å². The van der Waals surface area contributed by atoms with Crippen molar-refractivity contribution in [3.8, 4) is 11.1 Å². The van der Waals surface area contributed by atoms with Crippen LogP contribution in [0.2, 0.25) is 0 Å². The Labute approximate surface area is 187 Å². The Kier molecular flexibility index (Phi) is 5.39. The number of carbonyl (C=O) groups is 2. The molecule has 5 nitrogen and oxygen atoms in total. The van der Waals surface area contributed by atoms with Gasteiger partial charge in [-0.25, -0.2) is 4.79 Å². The van der Waals surface area contributed by atoms with Crippen molar-refractivity contribution in [1.29, 1.82) is 0 Å². The SMILES string of the molecule is O=C(O)CC1CCCN(C(=O)OCC2c3ccccc3-c3ccccc32)c2ccccc21. The van der Waals surface area contributed by atoms with E-state index in [1.165, 1.54) is 22.3 Å². The van der Waals surface area contributed by atoms with Gasteiger partial charge in [-0.15, -0.1) is 0 Å². The summed E-state index contributed by atoms with van der Waals surface area (Å²) >= 11 is 0. The summed E-state index contributed by atoms with van der Waals surface area (Å²) in [5.41, 5.74) is 6.41. The minimum Gasteiger partial charge on any atom is -0.481 e. The number of fused-ring (bicyclic) bond motifs is 4. The Balaban J connectivity index is 1.38. The first-order chi connectivity index (χ1) is 15.6. The number of carbonyl (C=O) groups excluding carboxylic acids is 1. The summed E-state index contributed by atoms with van der Waals surface area (Å²) in [6, 6.07) is 24.1. The quantitative estimate of drug-likeness (QED) is 0.572. The summed E-state index contributed by atoms with van der Waals surface area (Å²) in [5, 5.41) is 9.32. The Morgan fingerprint density at radius 3 is 2.12 bits per heavy atom. The molecule has 2 aliphatic rings. The molecule has 1 aliphatic heterocycles. The molecule has 1 heterocycles. The topological polar surface area (TPSA) is 66.8 Å². The van der Waals surface area contributed by atoms with Gasteiger partial charge in [0.25, 0.3) is 0 Å². The number of amides is 1. The molecule has 162 valence electrons. The van der Waals surface area contributed by atoms with Crippen LogP contribution < -0.4 is 4.90 Å². The third-order valence-electron chi connectivity index (χ3n) is 6.58. The van der Waals surface area contributed by atoms with Crippen LogP contribution in [0.15, 0.2) is 72.8 Å². The van der Waals surface area contributed by atoms with Crippen molar-refractivity contribution in [3.05, 3.63) is 89.5 Å². The second-order valence-electron chi connectivity index (χ2n) is 8.45. The zero-order valence-electron chi connectivity index (χ0n) is 17.7. The average molecular weight is 428 g/mol. The fourth-order valence-corrected chi connectivity index (χ4v) is 5.13. The van der Waals surface area contributed by atoms with E-state index in [2.05, 4.69) is 24.3 Å². The molecule has 0 spiro atoms. The number of nitrogens with zero attached hydrogens (tertiary/aromatic N) is 1. The minimum absolute atomic E-state index is 0.00771. The summed E-state index contributed by atoms with van der Waals surface area (Å²) in [6.07, 6.45) is 1.15. The number of rotatable bonds is 4. The normalized spacial score (nSPS) is 17.1. The molecule has 1 aliphatic carbocycles. The van der Waals surface area contributed by atoms with Gasteiger partial charge in [-0.05, 0) is 52.6 Å². The van der Waals surface area contributed by atoms with Crippen molar-refractivity contribution in [2.45, 2.75) is 31.1 Å². The number of aliphatic carboxylic acids is 1. The zero-order valence-corrected chi connectivity index (χ0v) is 17.7. The predicted octanol–water partition coefficient (Wildman–Crippen LogP) is 5.79. The first-order valence-electron chi connectivity index (χ1n) is 11.1. The molecule has 5 rings (SSSR count). The number of hydrogen-bond acceptors (Lipinski definition) is 3. The van der Waals surface area contributed by atoms with Crippen LogP contribution in [0.3, 0.4) is 0 Å². The number of carboxylic acids is 1. The maximum Gasteiger partial charge on any atom is 0.414 e. The minimum atomic E-state index is -0.820. The van der Waals surface area contributed by atoms with Gasteiger partial charge in [-0.1, -0.05) is 66.7 Å². The molecule has 1 atom stereocenters. The number of carboxylic acid groups (broad SMARTS) is 1. The fraction of sp³-hybridized carbons (Fsp3) is 0.259. The Morgan fingerprint density at radius 2 is 1.47 bits per heavy atom. The van der Waals surface area contributed by atoms with Gasteiger partial charge < -0.3 is 9.84 Å². The molecule has 0 saturated carbocycles. The maximum absolute atomic E-state index is 13.2. The van der Waals surface area contributed by atoms with E-state index in [0.717, 1.165) is 24.1 Å². The van der Waals surface area contributed by atoms with Crippen molar-refractivity contribution in [2.75, 3.05) is 18.1 Å². The highest BCUT2D eigenvalue weighted by Gasteiger charge is 2.32. The van der Waals surface area contributed by atoms with E-state index < -0.39 is 5.97 Å². The Morgan fingerprint density at radius 1 is 0.875 bits per heavy atom. The van der Waals surface area contributed by atoms with Crippen molar-refractivity contribution in [1.82, 2.24) is 0 Å². The van der Waals surface area contributed by atoms with Gasteiger partial charge in [0.05, 0.1) is 12.1 Å². The molecular weight excluding hydrogens is 402 g/mol. The highest BCUT2D eigenvalue weighted by atomic mass is 16.6. The summed E-state index contributed by atoms with van der Waals surface area (Å²) in [7, 11) is 0. The van der Waals surface area contributed by atoms with Gasteiger partial charge in [-0.2, -0.15) is 0 Å². The molecule has 5 heteroatoms. The van der Waals surface area contributed by atoms with E-state index in [4.69, 9.17) is 4.74 Å². The van der Waals surface area contributed by atoms with E-state index in [9.17, 15) is 14.7 Å². The summed E-state index contributed by atoms with van der Waals surface area (Å²) in [5.74, 6) is -0.914. The van der Waals surface area contributed by atoms with E-state index >= 15 is 0 Å². The van der Waals surface area contributed by atoms with Crippen LogP contribution in [-0.2, 0) is 9.53 Å². The number of para-hydroxylation sites is 1. The molecule has 0 fully saturated rings. The van der Waals surface area contributed by atoms with Crippen LogP contribution in [-0.4, -0.2) is 30.3 Å². The third kappa shape index (κ3) is 3.64. The lowest BCUT2D eigenvalue weighted by Gasteiger charge is -2.24. The van der Waals surface area contributed by atoms with Crippen molar-refractivity contribution >= 4 is 17.7 Å². The van der Waals surface area contributed by atoms with E-state index in [1.54, 1.807) is 4.90 Å². The van der Waals surface area contributed by atoms with Crippen LogP contribution in [0.25, 0.3) is 11.1 Å². The lowest BCUT2D eigenvalue weighted by molar-refractivity contribution is -0.137. The number of ether oxygens (including phenoxy) is 1. The molecule has 1 unspecified atom stereocenters. The number of benzene rings is 3. The Hall–Kier alpha value is -3.60. The molecule has 0 bridgehead atoms. The van der Waals surface area contributed by atoms with Gasteiger partial charge >= 0.3 is 12.1 Å². The van der Waals surface area contributed by atoms with Crippen LogP contribution in [0, 0.1) is 0 Å². The third-order valence-corrected chi connectivity index (χ3v) is 6.58. The second kappa shape index (κ2) is 8.50. The molecule has 1 amide bonds. The summed E-state index contributed by atoms with van der Waals surface area (Å²) in [6.45, 7) is 0.786. The van der Waals surface area contributed by atoms with Gasteiger partial charge in [0.15, 0.2) is 0 Å². The van der Waals surface area contributed by atoms with Gasteiger partial charge in [-0.3, -0.25) is 9.69 Å². The first kappa shape index (κ1) is 20.3. The summed E-state index contributed by atoms with van der Waals surface area (Å²) in [4.78, 5) is 26.2. The van der Waals surface area contributed by atoms with Crippen LogP contribution in [0.4, 0.5) is 10.5 Å². The van der Waals surface area contributed by atoms with Crippen LogP contribution in [0.5, 0.6) is 0 Å². The van der Waals surface area contributed by atoms with E-state index in [1.807, 2.05) is 48.5 Å². The lowest BCUT2D eigenvalue weighted by atomic mass is 9.91. The van der Waals surface area contributed by atoms with E-state index in [-0.39, 0.29) is 31.0 Å². The molecule has 1 N–H and O–H groups in total. The number of anilines is 1. The molecule has 0 saturated heterocycles. The molecule has 3 aromatic rings. The van der Waals surface area contributed by atoms with Gasteiger partial charge in [0.2, 0.25) is 0 Å². The largest absolute Gasteiger partial charge is 0.481 e. The Bertz CT molecular complexity index is 1130. The van der Waals surface area contributed by atoms with Crippen LogP contribution in [0.1, 0.15) is 47.8 Å². The highest BCUT2D eigenvalue weighted by Crippen LogP contribution is 2.44. The van der Waals surface area contributed by atoms with Crippen molar-refractivity contribution < 1.29 is 19.4 Å². The lowest BCUT2D eigenvalue weighted by Crippen LogP contribution is -2.33. The zero-order chi connectivity index (χ0) is 22.1. The molecule has 0 aromatic heterocycles. The fourth-order valence-electron chi connectivity index (χ4n) is 5.13. The summed E-state index contributed by atoms with van der Waals surface area (Å²) < 4.78 is 5.88. The van der Waals surface area contributed by atoms with Crippen molar-refractivity contribution in [3.63, 3.8) is 0 Å². The highest BCUT2D eigenvalue weighted by molar-refractivity contribution is 5.89. The molecule has 3 aromatic carbocycles.